The largest absolute Gasteiger partial charge is 0.491 e. The third-order valence-electron chi connectivity index (χ3n) is 5.33. The molecule has 0 bridgehead atoms. The second kappa shape index (κ2) is 8.95. The van der Waals surface area contributed by atoms with Crippen molar-refractivity contribution in [2.75, 3.05) is 19.7 Å². The van der Waals surface area contributed by atoms with Crippen LogP contribution >= 0.6 is 0 Å². The van der Waals surface area contributed by atoms with E-state index in [1.54, 1.807) is 4.90 Å². The van der Waals surface area contributed by atoms with Gasteiger partial charge in [-0.05, 0) is 42.9 Å². The van der Waals surface area contributed by atoms with Crippen molar-refractivity contribution in [1.29, 1.82) is 0 Å². The van der Waals surface area contributed by atoms with E-state index in [4.69, 9.17) is 4.74 Å². The van der Waals surface area contributed by atoms with Crippen molar-refractivity contribution < 1.29 is 19.4 Å². The molecule has 3 amide bonds. The number of aliphatic hydroxyl groups excluding tert-OH is 1. The minimum atomic E-state index is -0.938. The Bertz CT molecular complexity index is 711. The van der Waals surface area contributed by atoms with Crippen LogP contribution in [0.15, 0.2) is 18.2 Å². The van der Waals surface area contributed by atoms with Gasteiger partial charge in [0.05, 0.1) is 6.54 Å². The van der Waals surface area contributed by atoms with Crippen LogP contribution in [-0.2, 0) is 10.2 Å². The smallest absolute Gasteiger partial charge is 0.327 e. The zero-order valence-corrected chi connectivity index (χ0v) is 18.0. The number of amides is 3. The Hall–Kier alpha value is -2.08. The van der Waals surface area contributed by atoms with Gasteiger partial charge >= 0.3 is 6.03 Å². The van der Waals surface area contributed by atoms with Gasteiger partial charge in [-0.15, -0.1) is 0 Å². The van der Waals surface area contributed by atoms with E-state index in [-0.39, 0.29) is 43.0 Å². The molecule has 28 heavy (non-hydrogen) atoms. The van der Waals surface area contributed by atoms with E-state index >= 15 is 0 Å². The SMILES string of the molecule is CC[C@H](C)N1CCC(=O)N(C[C@H](O)COc2ccc(C(C)(C)C)cc2C)C1=O. The first-order valence-electron chi connectivity index (χ1n) is 10.1. The fraction of sp³-hybridized carbons (Fsp3) is 0.636. The standard InChI is InChI=1S/C22H34N2O4/c1-7-16(3)23-11-10-20(26)24(21(23)27)13-18(25)14-28-19-9-8-17(12-15(19)2)22(4,5)6/h8-9,12,16,18,25H,7,10-11,13-14H2,1-6H3/t16-,18-/m0/s1. The van der Waals surface area contributed by atoms with Gasteiger partial charge in [0.25, 0.3) is 0 Å². The number of rotatable bonds is 7. The molecule has 0 saturated carbocycles. The topological polar surface area (TPSA) is 70.1 Å². The van der Waals surface area contributed by atoms with Gasteiger partial charge in [0.1, 0.15) is 18.5 Å². The van der Waals surface area contributed by atoms with E-state index in [1.807, 2.05) is 32.9 Å². The Morgan fingerprint density at radius 3 is 2.50 bits per heavy atom. The summed E-state index contributed by atoms with van der Waals surface area (Å²) >= 11 is 0. The Morgan fingerprint density at radius 2 is 1.93 bits per heavy atom. The zero-order chi connectivity index (χ0) is 21.1. The third-order valence-corrected chi connectivity index (χ3v) is 5.33. The number of hydrogen-bond donors (Lipinski definition) is 1. The number of hydrogen-bond acceptors (Lipinski definition) is 4. The van der Waals surface area contributed by atoms with Crippen molar-refractivity contribution in [2.45, 2.75) is 71.9 Å². The number of β-amino-alcohol motifs (C(OH)–C–C–N with tert-alkyl or cyclic N) is 1. The number of imide groups is 1. The number of ether oxygens (including phenoxy) is 1. The first kappa shape index (κ1) is 22.2. The van der Waals surface area contributed by atoms with Gasteiger partial charge in [0, 0.05) is 19.0 Å². The minimum absolute atomic E-state index is 0.0239. The highest BCUT2D eigenvalue weighted by Crippen LogP contribution is 2.27. The normalized spacial score (nSPS) is 17.7. The summed E-state index contributed by atoms with van der Waals surface area (Å²) in [7, 11) is 0. The summed E-state index contributed by atoms with van der Waals surface area (Å²) < 4.78 is 5.76. The van der Waals surface area contributed by atoms with Crippen molar-refractivity contribution in [3.05, 3.63) is 29.3 Å². The monoisotopic (exact) mass is 390 g/mol. The average Bonchev–Trinajstić information content (AvgIpc) is 2.62. The third kappa shape index (κ3) is 5.25. The lowest BCUT2D eigenvalue weighted by Crippen LogP contribution is -2.56. The second-order valence-electron chi connectivity index (χ2n) is 8.68. The molecule has 0 spiro atoms. The molecular formula is C22H34N2O4. The maximum Gasteiger partial charge on any atom is 0.327 e. The van der Waals surface area contributed by atoms with Gasteiger partial charge in [-0.25, -0.2) is 4.79 Å². The van der Waals surface area contributed by atoms with Crippen LogP contribution in [0.1, 0.15) is 58.6 Å². The van der Waals surface area contributed by atoms with Crippen molar-refractivity contribution in [3.63, 3.8) is 0 Å². The molecule has 1 fully saturated rings. The van der Waals surface area contributed by atoms with Crippen LogP contribution in [0.4, 0.5) is 4.79 Å². The molecule has 6 nitrogen and oxygen atoms in total. The number of aryl methyl sites for hydroxylation is 1. The van der Waals surface area contributed by atoms with E-state index in [9.17, 15) is 14.7 Å². The molecule has 1 saturated heterocycles. The Kier molecular flexibility index (Phi) is 7.10. The molecule has 1 heterocycles. The lowest BCUT2D eigenvalue weighted by molar-refractivity contribution is -0.132. The highest BCUT2D eigenvalue weighted by molar-refractivity contribution is 5.97. The Balaban J connectivity index is 1.97. The molecule has 0 aromatic heterocycles. The minimum Gasteiger partial charge on any atom is -0.491 e. The van der Waals surface area contributed by atoms with Crippen LogP contribution in [0, 0.1) is 6.92 Å². The van der Waals surface area contributed by atoms with Gasteiger partial charge in [0.2, 0.25) is 5.91 Å². The highest BCUT2D eigenvalue weighted by Gasteiger charge is 2.35. The molecule has 0 aliphatic carbocycles. The zero-order valence-electron chi connectivity index (χ0n) is 18.0. The number of urea groups is 1. The number of benzene rings is 1. The van der Waals surface area contributed by atoms with Crippen molar-refractivity contribution in [3.8, 4) is 5.75 Å². The summed E-state index contributed by atoms with van der Waals surface area (Å²) in [6.07, 6.45) is 0.173. The molecule has 1 aliphatic rings. The summed E-state index contributed by atoms with van der Waals surface area (Å²) in [5.41, 5.74) is 2.26. The van der Waals surface area contributed by atoms with E-state index in [1.165, 1.54) is 5.56 Å². The molecule has 2 rings (SSSR count). The summed E-state index contributed by atoms with van der Waals surface area (Å²) in [5.74, 6) is 0.457. The first-order chi connectivity index (χ1) is 13.0. The predicted octanol–water partition coefficient (Wildman–Crippen LogP) is 3.49. The second-order valence-corrected chi connectivity index (χ2v) is 8.68. The van der Waals surface area contributed by atoms with Gasteiger partial charge in [-0.3, -0.25) is 9.69 Å². The number of nitrogens with zero attached hydrogens (tertiary/aromatic N) is 2. The Morgan fingerprint density at radius 1 is 1.25 bits per heavy atom. The molecule has 0 radical (unpaired) electrons. The quantitative estimate of drug-likeness (QED) is 0.774. The average molecular weight is 391 g/mol. The van der Waals surface area contributed by atoms with E-state index in [2.05, 4.69) is 26.8 Å². The maximum absolute atomic E-state index is 12.6. The van der Waals surface area contributed by atoms with Gasteiger partial charge < -0.3 is 14.7 Å². The van der Waals surface area contributed by atoms with Crippen LogP contribution < -0.4 is 4.74 Å². The molecule has 1 aliphatic heterocycles. The molecule has 2 atom stereocenters. The summed E-state index contributed by atoms with van der Waals surface area (Å²) in [6, 6.07) is 5.76. The number of carbonyl (C=O) groups is 2. The summed E-state index contributed by atoms with van der Waals surface area (Å²) in [4.78, 5) is 27.6. The molecule has 156 valence electrons. The van der Waals surface area contributed by atoms with Gasteiger partial charge in [-0.1, -0.05) is 39.8 Å². The predicted molar refractivity (Wildman–Crippen MR) is 110 cm³/mol. The summed E-state index contributed by atoms with van der Waals surface area (Å²) in [5, 5.41) is 10.4. The van der Waals surface area contributed by atoms with E-state index in [0.717, 1.165) is 16.9 Å². The van der Waals surface area contributed by atoms with Crippen molar-refractivity contribution >= 4 is 11.9 Å². The van der Waals surface area contributed by atoms with Crippen LogP contribution in [0.2, 0.25) is 0 Å². The fourth-order valence-corrected chi connectivity index (χ4v) is 3.24. The van der Waals surface area contributed by atoms with E-state index < -0.39 is 6.10 Å². The van der Waals surface area contributed by atoms with Crippen LogP contribution in [0.3, 0.4) is 0 Å². The lowest BCUT2D eigenvalue weighted by Gasteiger charge is -2.38. The molecule has 1 aromatic rings. The number of carbonyl (C=O) groups excluding carboxylic acids is 2. The fourth-order valence-electron chi connectivity index (χ4n) is 3.24. The van der Waals surface area contributed by atoms with Crippen LogP contribution in [0.25, 0.3) is 0 Å². The van der Waals surface area contributed by atoms with Gasteiger partial charge in [0.15, 0.2) is 0 Å². The molecule has 0 unspecified atom stereocenters. The molecule has 1 aromatic carbocycles. The Labute approximate surface area is 168 Å². The lowest BCUT2D eigenvalue weighted by atomic mass is 9.86. The van der Waals surface area contributed by atoms with Crippen LogP contribution in [0.5, 0.6) is 5.75 Å². The number of aliphatic hydroxyl groups is 1. The molecule has 1 N–H and O–H groups in total. The van der Waals surface area contributed by atoms with Gasteiger partial charge in [-0.2, -0.15) is 0 Å². The summed E-state index contributed by atoms with van der Waals surface area (Å²) in [6.45, 7) is 12.8. The van der Waals surface area contributed by atoms with Crippen molar-refractivity contribution in [1.82, 2.24) is 9.80 Å². The maximum atomic E-state index is 12.6. The molecule has 6 heteroatoms. The van der Waals surface area contributed by atoms with Crippen molar-refractivity contribution in [2.24, 2.45) is 0 Å². The first-order valence-corrected chi connectivity index (χ1v) is 10.1. The van der Waals surface area contributed by atoms with Crippen LogP contribution in [-0.4, -0.2) is 58.7 Å². The molecular weight excluding hydrogens is 356 g/mol. The van der Waals surface area contributed by atoms with E-state index in [0.29, 0.717) is 12.3 Å². The highest BCUT2D eigenvalue weighted by atomic mass is 16.5.